The Bertz CT molecular complexity index is 357. The average Bonchev–Trinajstić information content (AvgIpc) is 2.38. The first kappa shape index (κ1) is 14.8. The first-order valence-electron chi connectivity index (χ1n) is 6.01. The number of unbranched alkanes of at least 4 members (excludes halogenated alkanes) is 1. The molecule has 0 fully saturated rings. The van der Waals surface area contributed by atoms with Crippen LogP contribution in [0.1, 0.15) is 12.8 Å². The van der Waals surface area contributed by atoms with E-state index < -0.39 is 0 Å². The fourth-order valence-corrected chi connectivity index (χ4v) is 1.82. The van der Waals surface area contributed by atoms with Gasteiger partial charge in [-0.3, -0.25) is 0 Å². The maximum Gasteiger partial charge on any atom is 0.231 e. The topological polar surface area (TPSA) is 66.0 Å². The minimum atomic E-state index is 0.584. The zero-order valence-corrected chi connectivity index (χ0v) is 12.3. The summed E-state index contributed by atoms with van der Waals surface area (Å²) in [6.45, 7) is 0.889. The number of nitrogens with zero attached hydrogens (tertiary/aromatic N) is 4. The van der Waals surface area contributed by atoms with Gasteiger partial charge in [-0.1, -0.05) is 0 Å². The predicted octanol–water partition coefficient (Wildman–Crippen LogP) is 1.53. The van der Waals surface area contributed by atoms with E-state index in [1.165, 1.54) is 12.2 Å². The first-order valence-corrected chi connectivity index (χ1v) is 7.40. The second kappa shape index (κ2) is 7.97. The van der Waals surface area contributed by atoms with Gasteiger partial charge < -0.3 is 15.5 Å². The smallest absolute Gasteiger partial charge is 0.231 e. The highest BCUT2D eigenvalue weighted by molar-refractivity contribution is 7.98. The van der Waals surface area contributed by atoms with Crippen LogP contribution in [0.5, 0.6) is 0 Å². The zero-order valence-electron chi connectivity index (χ0n) is 11.5. The largest absolute Gasteiger partial charge is 0.357 e. The molecule has 0 unspecified atom stereocenters. The Hall–Kier alpha value is -1.24. The van der Waals surface area contributed by atoms with E-state index in [1.807, 2.05) is 30.8 Å². The van der Waals surface area contributed by atoms with Crippen molar-refractivity contribution in [1.82, 2.24) is 15.0 Å². The summed E-state index contributed by atoms with van der Waals surface area (Å²) in [5.41, 5.74) is 0. The molecule has 18 heavy (non-hydrogen) atoms. The van der Waals surface area contributed by atoms with Gasteiger partial charge in [0.05, 0.1) is 0 Å². The zero-order chi connectivity index (χ0) is 13.4. The summed E-state index contributed by atoms with van der Waals surface area (Å²) < 4.78 is 0. The van der Waals surface area contributed by atoms with Crippen LogP contribution in [0.4, 0.5) is 17.8 Å². The SMILES string of the molecule is CNc1nc(NCCCCSC)nc(N(C)C)n1. The standard InChI is InChI=1S/C11H22N6S/c1-12-9-14-10(13-7-5-6-8-18-4)16-11(15-9)17(2)3/h5-8H2,1-4H3,(H2,12,13,14,15,16). The van der Waals surface area contributed by atoms with Crippen LogP contribution in [0.15, 0.2) is 0 Å². The lowest BCUT2D eigenvalue weighted by Gasteiger charge is -2.13. The third-order valence-electron chi connectivity index (χ3n) is 2.31. The van der Waals surface area contributed by atoms with Crippen molar-refractivity contribution in [3.63, 3.8) is 0 Å². The van der Waals surface area contributed by atoms with Crippen molar-refractivity contribution >= 4 is 29.6 Å². The highest BCUT2D eigenvalue weighted by Crippen LogP contribution is 2.11. The molecule has 0 aliphatic heterocycles. The first-order chi connectivity index (χ1) is 8.67. The van der Waals surface area contributed by atoms with Crippen molar-refractivity contribution in [3.8, 4) is 0 Å². The molecule has 0 saturated heterocycles. The Kier molecular flexibility index (Phi) is 6.56. The predicted molar refractivity (Wildman–Crippen MR) is 79.8 cm³/mol. The monoisotopic (exact) mass is 270 g/mol. The van der Waals surface area contributed by atoms with E-state index in [1.54, 1.807) is 7.05 Å². The van der Waals surface area contributed by atoms with Gasteiger partial charge in [0, 0.05) is 27.7 Å². The molecule has 0 saturated carbocycles. The lowest BCUT2D eigenvalue weighted by atomic mass is 10.3. The number of nitrogens with one attached hydrogen (secondary N) is 2. The van der Waals surface area contributed by atoms with Gasteiger partial charge in [-0.15, -0.1) is 0 Å². The fraction of sp³-hybridized carbons (Fsp3) is 0.727. The lowest BCUT2D eigenvalue weighted by molar-refractivity contribution is 0.830. The summed E-state index contributed by atoms with van der Waals surface area (Å²) in [6, 6.07) is 0. The van der Waals surface area contributed by atoms with E-state index in [-0.39, 0.29) is 0 Å². The number of anilines is 3. The summed E-state index contributed by atoms with van der Waals surface area (Å²) in [7, 11) is 5.63. The number of thioether (sulfide) groups is 1. The summed E-state index contributed by atoms with van der Waals surface area (Å²) in [6.07, 6.45) is 4.46. The summed E-state index contributed by atoms with van der Waals surface area (Å²) in [4.78, 5) is 14.7. The molecular weight excluding hydrogens is 248 g/mol. The van der Waals surface area contributed by atoms with Gasteiger partial charge in [0.1, 0.15) is 0 Å². The molecule has 1 aromatic rings. The third kappa shape index (κ3) is 4.95. The summed E-state index contributed by atoms with van der Waals surface area (Å²) in [5, 5.41) is 6.18. The quantitative estimate of drug-likeness (QED) is 0.694. The van der Waals surface area contributed by atoms with E-state index in [4.69, 9.17) is 0 Å². The Morgan fingerprint density at radius 3 is 2.44 bits per heavy atom. The van der Waals surface area contributed by atoms with Gasteiger partial charge in [0.2, 0.25) is 17.8 Å². The average molecular weight is 270 g/mol. The minimum Gasteiger partial charge on any atom is -0.357 e. The van der Waals surface area contributed by atoms with Crippen LogP contribution in [-0.2, 0) is 0 Å². The molecule has 0 amide bonds. The highest BCUT2D eigenvalue weighted by atomic mass is 32.2. The number of hydrogen-bond acceptors (Lipinski definition) is 7. The van der Waals surface area contributed by atoms with Crippen molar-refractivity contribution in [3.05, 3.63) is 0 Å². The number of aromatic nitrogens is 3. The van der Waals surface area contributed by atoms with Crippen molar-refractivity contribution in [2.75, 3.05) is 55.2 Å². The van der Waals surface area contributed by atoms with Crippen LogP contribution in [0.3, 0.4) is 0 Å². The number of rotatable bonds is 8. The molecule has 1 heterocycles. The van der Waals surface area contributed by atoms with E-state index >= 15 is 0 Å². The molecular formula is C11H22N6S. The van der Waals surface area contributed by atoms with Crippen LogP contribution in [0, 0.1) is 0 Å². The molecule has 7 heteroatoms. The molecule has 0 radical (unpaired) electrons. The highest BCUT2D eigenvalue weighted by Gasteiger charge is 2.06. The van der Waals surface area contributed by atoms with Crippen LogP contribution < -0.4 is 15.5 Å². The molecule has 0 aromatic carbocycles. The van der Waals surface area contributed by atoms with Crippen LogP contribution in [0.25, 0.3) is 0 Å². The summed E-state index contributed by atoms with van der Waals surface area (Å²) in [5.74, 6) is 3.06. The molecule has 0 spiro atoms. The van der Waals surface area contributed by atoms with E-state index in [0.717, 1.165) is 13.0 Å². The molecule has 0 atom stereocenters. The van der Waals surface area contributed by atoms with Crippen molar-refractivity contribution < 1.29 is 0 Å². The van der Waals surface area contributed by atoms with Crippen molar-refractivity contribution in [2.24, 2.45) is 0 Å². The van der Waals surface area contributed by atoms with Crippen molar-refractivity contribution in [2.45, 2.75) is 12.8 Å². The Labute approximate surface area is 113 Å². The molecule has 102 valence electrons. The van der Waals surface area contributed by atoms with Crippen LogP contribution in [-0.4, -0.2) is 54.6 Å². The van der Waals surface area contributed by atoms with Gasteiger partial charge in [0.25, 0.3) is 0 Å². The minimum absolute atomic E-state index is 0.584. The van der Waals surface area contributed by atoms with Gasteiger partial charge in [-0.25, -0.2) is 0 Å². The van der Waals surface area contributed by atoms with Crippen LogP contribution in [0.2, 0.25) is 0 Å². The fourth-order valence-electron chi connectivity index (χ4n) is 1.33. The normalized spacial score (nSPS) is 10.2. The Morgan fingerprint density at radius 1 is 1.11 bits per heavy atom. The lowest BCUT2D eigenvalue weighted by Crippen LogP contribution is -2.16. The molecule has 2 N–H and O–H groups in total. The number of hydrogen-bond donors (Lipinski definition) is 2. The maximum atomic E-state index is 4.35. The molecule has 0 aliphatic rings. The van der Waals surface area contributed by atoms with Crippen LogP contribution >= 0.6 is 11.8 Å². The van der Waals surface area contributed by atoms with E-state index in [9.17, 15) is 0 Å². The molecule has 0 bridgehead atoms. The van der Waals surface area contributed by atoms with Gasteiger partial charge >= 0.3 is 0 Å². The second-order valence-corrected chi connectivity index (χ2v) is 5.04. The van der Waals surface area contributed by atoms with E-state index in [2.05, 4.69) is 31.8 Å². The molecule has 1 rings (SSSR count). The van der Waals surface area contributed by atoms with Crippen molar-refractivity contribution in [1.29, 1.82) is 0 Å². The molecule has 0 aliphatic carbocycles. The second-order valence-electron chi connectivity index (χ2n) is 4.05. The Morgan fingerprint density at radius 2 is 1.83 bits per heavy atom. The molecule has 6 nitrogen and oxygen atoms in total. The van der Waals surface area contributed by atoms with Gasteiger partial charge in [0.15, 0.2) is 0 Å². The van der Waals surface area contributed by atoms with Gasteiger partial charge in [-0.2, -0.15) is 26.7 Å². The summed E-state index contributed by atoms with van der Waals surface area (Å²) >= 11 is 1.87. The third-order valence-corrected chi connectivity index (χ3v) is 3.00. The maximum absolute atomic E-state index is 4.35. The van der Waals surface area contributed by atoms with E-state index in [0.29, 0.717) is 17.8 Å². The Balaban J connectivity index is 2.56. The molecule has 1 aromatic heterocycles. The van der Waals surface area contributed by atoms with Gasteiger partial charge in [-0.05, 0) is 24.9 Å².